The second kappa shape index (κ2) is 6.12. The summed E-state index contributed by atoms with van der Waals surface area (Å²) in [5, 5.41) is -0.0545. The van der Waals surface area contributed by atoms with E-state index in [9.17, 15) is 8.42 Å². The third-order valence-corrected chi connectivity index (χ3v) is 4.70. The monoisotopic (exact) mass is 388 g/mol. The molecular formula is C12H13BrN4O2S2. The average Bonchev–Trinajstić information content (AvgIpc) is 2.90. The van der Waals surface area contributed by atoms with Gasteiger partial charge in [0.2, 0.25) is 0 Å². The van der Waals surface area contributed by atoms with Gasteiger partial charge < -0.3 is 10.3 Å². The predicted octanol–water partition coefficient (Wildman–Crippen LogP) is 2.10. The number of sulfonamides is 1. The first kappa shape index (κ1) is 15.9. The number of nitrogens with one attached hydrogen (secondary N) is 1. The molecule has 1 heterocycles. The zero-order chi connectivity index (χ0) is 15.6. The highest BCUT2D eigenvalue weighted by molar-refractivity contribution is 9.10. The summed E-state index contributed by atoms with van der Waals surface area (Å²) in [5.41, 5.74) is 6.38. The predicted molar refractivity (Wildman–Crippen MR) is 88.7 cm³/mol. The molecule has 9 heteroatoms. The van der Waals surface area contributed by atoms with E-state index in [4.69, 9.17) is 18.0 Å². The van der Waals surface area contributed by atoms with Crippen LogP contribution in [0.25, 0.3) is 0 Å². The van der Waals surface area contributed by atoms with Gasteiger partial charge in [-0.2, -0.15) is 8.42 Å². The van der Waals surface area contributed by atoms with Crippen LogP contribution in [0.1, 0.15) is 12.5 Å². The van der Waals surface area contributed by atoms with Gasteiger partial charge in [-0.3, -0.25) is 4.72 Å². The third kappa shape index (κ3) is 3.60. The highest BCUT2D eigenvalue weighted by Gasteiger charge is 2.19. The van der Waals surface area contributed by atoms with Crippen molar-refractivity contribution in [3.05, 3.63) is 40.8 Å². The molecule has 1 aromatic carbocycles. The molecule has 3 N–H and O–H groups in total. The molecule has 0 aliphatic rings. The minimum absolute atomic E-state index is 0.0545. The Morgan fingerprint density at radius 2 is 2.24 bits per heavy atom. The lowest BCUT2D eigenvalue weighted by molar-refractivity contribution is 0.598. The number of aryl methyl sites for hydroxylation is 1. The Morgan fingerprint density at radius 3 is 2.81 bits per heavy atom. The van der Waals surface area contributed by atoms with Crippen molar-refractivity contribution in [1.29, 1.82) is 0 Å². The van der Waals surface area contributed by atoms with Crippen molar-refractivity contribution >= 4 is 48.8 Å². The number of hydrogen-bond acceptors (Lipinski definition) is 4. The summed E-state index contributed by atoms with van der Waals surface area (Å²) in [4.78, 5) is 3.99. The third-order valence-electron chi connectivity index (χ3n) is 2.74. The zero-order valence-corrected chi connectivity index (χ0v) is 14.3. The summed E-state index contributed by atoms with van der Waals surface area (Å²) < 4.78 is 29.5. The molecule has 1 aromatic heterocycles. The Bertz CT molecular complexity index is 786. The highest BCUT2D eigenvalue weighted by Crippen LogP contribution is 2.23. The molecule has 0 saturated heterocycles. The van der Waals surface area contributed by atoms with E-state index in [-0.39, 0.29) is 10.0 Å². The molecule has 0 bridgehead atoms. The zero-order valence-electron chi connectivity index (χ0n) is 11.1. The van der Waals surface area contributed by atoms with Crippen molar-refractivity contribution in [3.63, 3.8) is 0 Å². The molecule has 0 spiro atoms. The second-order valence-corrected chi connectivity index (χ2v) is 7.19. The quantitative estimate of drug-likeness (QED) is 0.765. The van der Waals surface area contributed by atoms with Crippen molar-refractivity contribution in [2.24, 2.45) is 5.73 Å². The largest absolute Gasteiger partial charge is 0.389 e. The fourth-order valence-electron chi connectivity index (χ4n) is 1.66. The summed E-state index contributed by atoms with van der Waals surface area (Å²) in [6.45, 7) is 2.53. The summed E-state index contributed by atoms with van der Waals surface area (Å²) >= 11 is 8.23. The van der Waals surface area contributed by atoms with E-state index in [2.05, 4.69) is 25.6 Å². The normalized spacial score (nSPS) is 11.3. The number of aromatic nitrogens is 2. The first-order chi connectivity index (χ1) is 9.83. The van der Waals surface area contributed by atoms with Gasteiger partial charge in [0.05, 0.1) is 12.0 Å². The molecule has 112 valence electrons. The van der Waals surface area contributed by atoms with Gasteiger partial charge in [0.25, 0.3) is 10.0 Å². The standard InChI is InChI=1S/C12H13BrN4O2S2/c1-2-17-6-11(15-7-17)21(18,19)16-10-4-3-8(13)5-9(10)12(14)20/h3-7,16H,2H2,1H3,(H2,14,20). The molecule has 0 atom stereocenters. The number of nitrogens with zero attached hydrogens (tertiary/aromatic N) is 2. The van der Waals surface area contributed by atoms with Crippen molar-refractivity contribution in [2.75, 3.05) is 4.72 Å². The van der Waals surface area contributed by atoms with Crippen molar-refractivity contribution in [3.8, 4) is 0 Å². The van der Waals surface area contributed by atoms with Crippen LogP contribution in [0.15, 0.2) is 40.2 Å². The van der Waals surface area contributed by atoms with Crippen molar-refractivity contribution in [2.45, 2.75) is 18.5 Å². The number of hydrogen-bond donors (Lipinski definition) is 2. The van der Waals surface area contributed by atoms with E-state index >= 15 is 0 Å². The van der Waals surface area contributed by atoms with Gasteiger partial charge in [0, 0.05) is 22.8 Å². The summed E-state index contributed by atoms with van der Waals surface area (Å²) in [7, 11) is -3.78. The second-order valence-electron chi connectivity index (χ2n) is 4.20. The SMILES string of the molecule is CCn1cnc(S(=O)(=O)Nc2ccc(Br)cc2C(N)=S)c1. The van der Waals surface area contributed by atoms with E-state index in [1.807, 2.05) is 6.92 Å². The Hall–Kier alpha value is -1.45. The molecular weight excluding hydrogens is 376 g/mol. The number of imidazole rings is 1. The van der Waals surface area contributed by atoms with Crippen LogP contribution < -0.4 is 10.5 Å². The molecule has 0 aliphatic heterocycles. The van der Waals surface area contributed by atoms with Gasteiger partial charge in [0.15, 0.2) is 5.03 Å². The van der Waals surface area contributed by atoms with Crippen LogP contribution in [0, 0.1) is 0 Å². The van der Waals surface area contributed by atoms with Gasteiger partial charge in [-0.1, -0.05) is 28.1 Å². The Kier molecular flexibility index (Phi) is 4.64. The van der Waals surface area contributed by atoms with Gasteiger partial charge in [-0.05, 0) is 25.1 Å². The van der Waals surface area contributed by atoms with Gasteiger partial charge in [0.1, 0.15) is 4.99 Å². The van der Waals surface area contributed by atoms with Crippen LogP contribution in [-0.2, 0) is 16.6 Å². The number of rotatable bonds is 5. The van der Waals surface area contributed by atoms with Gasteiger partial charge in [-0.25, -0.2) is 4.98 Å². The molecule has 0 saturated carbocycles. The average molecular weight is 389 g/mol. The molecule has 0 fully saturated rings. The molecule has 6 nitrogen and oxygen atoms in total. The lowest BCUT2D eigenvalue weighted by Crippen LogP contribution is -2.18. The molecule has 2 aromatic rings. The van der Waals surface area contributed by atoms with Crippen LogP contribution >= 0.6 is 28.1 Å². The fraction of sp³-hybridized carbons (Fsp3) is 0.167. The number of benzene rings is 1. The maximum absolute atomic E-state index is 12.3. The lowest BCUT2D eigenvalue weighted by atomic mass is 10.2. The summed E-state index contributed by atoms with van der Waals surface area (Å²) in [5.74, 6) is 0. The minimum Gasteiger partial charge on any atom is -0.389 e. The summed E-state index contributed by atoms with van der Waals surface area (Å²) in [6.07, 6.45) is 2.92. The first-order valence-corrected chi connectivity index (χ1v) is 8.66. The number of anilines is 1. The molecule has 2 rings (SSSR count). The van der Waals surface area contributed by atoms with Gasteiger partial charge >= 0.3 is 0 Å². The van der Waals surface area contributed by atoms with Crippen LogP contribution in [0.4, 0.5) is 5.69 Å². The van der Waals surface area contributed by atoms with Crippen LogP contribution in [-0.4, -0.2) is 23.0 Å². The minimum atomic E-state index is -3.78. The molecule has 0 aliphatic carbocycles. The number of halogens is 1. The van der Waals surface area contributed by atoms with Crippen LogP contribution in [0.5, 0.6) is 0 Å². The smallest absolute Gasteiger partial charge is 0.280 e. The maximum atomic E-state index is 12.3. The summed E-state index contributed by atoms with van der Waals surface area (Å²) in [6, 6.07) is 4.95. The Balaban J connectivity index is 2.39. The molecule has 21 heavy (non-hydrogen) atoms. The molecule has 0 radical (unpaired) electrons. The Morgan fingerprint density at radius 1 is 1.52 bits per heavy atom. The van der Waals surface area contributed by atoms with E-state index in [1.54, 1.807) is 22.8 Å². The van der Waals surface area contributed by atoms with Crippen LogP contribution in [0.3, 0.4) is 0 Å². The first-order valence-electron chi connectivity index (χ1n) is 5.97. The topological polar surface area (TPSA) is 90.0 Å². The van der Waals surface area contributed by atoms with Crippen molar-refractivity contribution in [1.82, 2.24) is 9.55 Å². The van der Waals surface area contributed by atoms with Crippen LogP contribution in [0.2, 0.25) is 0 Å². The molecule has 0 amide bonds. The highest BCUT2D eigenvalue weighted by atomic mass is 79.9. The number of nitrogens with two attached hydrogens (primary N) is 1. The fourth-order valence-corrected chi connectivity index (χ4v) is 3.22. The van der Waals surface area contributed by atoms with E-state index < -0.39 is 10.0 Å². The van der Waals surface area contributed by atoms with E-state index in [0.717, 1.165) is 4.47 Å². The molecule has 0 unspecified atom stereocenters. The lowest BCUT2D eigenvalue weighted by Gasteiger charge is -2.11. The number of thiocarbonyl (C=S) groups is 1. The van der Waals surface area contributed by atoms with Crippen molar-refractivity contribution < 1.29 is 8.42 Å². The Labute approximate surface area is 136 Å². The van der Waals surface area contributed by atoms with E-state index in [0.29, 0.717) is 17.8 Å². The van der Waals surface area contributed by atoms with Gasteiger partial charge in [-0.15, -0.1) is 0 Å². The maximum Gasteiger partial charge on any atom is 0.280 e. The van der Waals surface area contributed by atoms with E-state index in [1.165, 1.54) is 12.5 Å².